The van der Waals surface area contributed by atoms with Crippen LogP contribution >= 0.6 is 11.8 Å². The average Bonchev–Trinajstić information content (AvgIpc) is 3.17. The van der Waals surface area contributed by atoms with E-state index in [9.17, 15) is 9.18 Å². The summed E-state index contributed by atoms with van der Waals surface area (Å²) in [6.45, 7) is 2.16. The number of carbonyl (C=O) groups excluding carboxylic acids is 1. The Balaban J connectivity index is 1.38. The van der Waals surface area contributed by atoms with E-state index in [1.165, 1.54) is 36.5 Å². The molecule has 2 aromatic rings. The number of nitrogens with zero attached hydrogens (tertiary/aromatic N) is 3. The summed E-state index contributed by atoms with van der Waals surface area (Å²) in [7, 11) is 0. The summed E-state index contributed by atoms with van der Waals surface area (Å²) in [5.41, 5.74) is 0.313. The number of hydrogen-bond donors (Lipinski definition) is 1. The number of halogens is 1. The molecule has 3 heterocycles. The zero-order valence-corrected chi connectivity index (χ0v) is 16.1. The maximum absolute atomic E-state index is 13.4. The van der Waals surface area contributed by atoms with Gasteiger partial charge in [-0.1, -0.05) is 6.07 Å². The minimum atomic E-state index is -0.412. The molecule has 0 radical (unpaired) electrons. The number of rotatable bonds is 4. The maximum Gasteiger partial charge on any atom is 0.256 e. The third kappa shape index (κ3) is 4.35. The fourth-order valence-electron chi connectivity index (χ4n) is 4.07. The first kappa shape index (κ1) is 18.5. The second kappa shape index (κ2) is 8.44. The second-order valence-electron chi connectivity index (χ2n) is 7.24. The van der Waals surface area contributed by atoms with Crippen LogP contribution in [0.1, 0.15) is 42.1 Å². The highest BCUT2D eigenvalue weighted by Crippen LogP contribution is 2.30. The van der Waals surface area contributed by atoms with Gasteiger partial charge < -0.3 is 10.2 Å². The third-order valence-corrected chi connectivity index (χ3v) is 6.60. The van der Waals surface area contributed by atoms with Crippen LogP contribution in [0.2, 0.25) is 0 Å². The Morgan fingerprint density at radius 3 is 2.63 bits per heavy atom. The van der Waals surface area contributed by atoms with E-state index < -0.39 is 5.82 Å². The van der Waals surface area contributed by atoms with Crippen molar-refractivity contribution in [3.8, 4) is 0 Å². The summed E-state index contributed by atoms with van der Waals surface area (Å²) in [6, 6.07) is 8.56. The van der Waals surface area contributed by atoms with Gasteiger partial charge in [-0.05, 0) is 55.4 Å². The molecule has 27 heavy (non-hydrogen) atoms. The molecule has 1 aromatic heterocycles. The van der Waals surface area contributed by atoms with Crippen molar-refractivity contribution in [1.29, 1.82) is 0 Å². The Morgan fingerprint density at radius 2 is 1.89 bits per heavy atom. The molecule has 2 fully saturated rings. The largest absolute Gasteiger partial charge is 0.307 e. The lowest BCUT2D eigenvalue weighted by atomic mass is 10.0. The van der Waals surface area contributed by atoms with Crippen molar-refractivity contribution in [2.45, 2.75) is 37.8 Å². The van der Waals surface area contributed by atoms with E-state index in [4.69, 9.17) is 0 Å². The van der Waals surface area contributed by atoms with Crippen molar-refractivity contribution in [3.05, 3.63) is 47.9 Å². The molecule has 7 heteroatoms. The van der Waals surface area contributed by atoms with Crippen LogP contribution < -0.4 is 5.32 Å². The molecule has 2 aliphatic rings. The number of hydrogen-bond acceptors (Lipinski definition) is 4. The van der Waals surface area contributed by atoms with E-state index in [1.54, 1.807) is 18.3 Å². The second-order valence-corrected chi connectivity index (χ2v) is 8.46. The van der Waals surface area contributed by atoms with E-state index in [2.05, 4.69) is 27.1 Å². The molecular formula is C20H25FN4OS. The predicted octanol–water partition coefficient (Wildman–Crippen LogP) is 3.81. The van der Waals surface area contributed by atoms with Gasteiger partial charge in [0.1, 0.15) is 11.6 Å². The molecule has 0 unspecified atom stereocenters. The molecule has 0 spiro atoms. The number of anilines is 1. The lowest BCUT2D eigenvalue weighted by Gasteiger charge is -2.39. The van der Waals surface area contributed by atoms with Gasteiger partial charge in [0.25, 0.3) is 5.91 Å². The highest BCUT2D eigenvalue weighted by Gasteiger charge is 2.28. The molecule has 2 saturated heterocycles. The Hall–Kier alpha value is -1.86. The monoisotopic (exact) mass is 388 g/mol. The number of thioether (sulfide) groups is 1. The van der Waals surface area contributed by atoms with E-state index in [-0.39, 0.29) is 11.9 Å². The Bertz CT molecular complexity index is 782. The highest BCUT2D eigenvalue weighted by atomic mass is 32.2. The number of nitrogens with one attached hydrogen (secondary N) is 1. The van der Waals surface area contributed by atoms with Gasteiger partial charge in [0.05, 0.1) is 12.2 Å². The summed E-state index contributed by atoms with van der Waals surface area (Å²) >= 11 is 2.06. The van der Waals surface area contributed by atoms with Crippen molar-refractivity contribution in [2.24, 2.45) is 0 Å². The molecule has 5 nitrogen and oxygen atoms in total. The minimum absolute atomic E-state index is 0.289. The van der Waals surface area contributed by atoms with Gasteiger partial charge in [-0.3, -0.25) is 4.79 Å². The van der Waals surface area contributed by atoms with Crippen molar-refractivity contribution in [2.75, 3.05) is 29.9 Å². The van der Waals surface area contributed by atoms with Crippen molar-refractivity contribution >= 4 is 23.5 Å². The van der Waals surface area contributed by atoms with E-state index in [0.29, 0.717) is 11.4 Å². The van der Waals surface area contributed by atoms with Gasteiger partial charge in [-0.25, -0.2) is 9.07 Å². The molecule has 144 valence electrons. The van der Waals surface area contributed by atoms with E-state index >= 15 is 0 Å². The highest BCUT2D eigenvalue weighted by molar-refractivity contribution is 7.99. The molecular weight excluding hydrogens is 363 g/mol. The standard InChI is InChI=1S/C20H25FN4OS/c21-16-3-1-2-15(14-16)20(26)23-19-4-9-22-25(19)18-5-10-24(11-6-18)17-7-12-27-13-8-17/h1-4,9,14,17-18H,5-8,10-13H2,(H,23,26). The average molecular weight is 389 g/mol. The number of amides is 1. The fraction of sp³-hybridized carbons (Fsp3) is 0.500. The summed E-state index contributed by atoms with van der Waals surface area (Å²) in [5, 5.41) is 7.33. The fourth-order valence-corrected chi connectivity index (χ4v) is 5.15. The maximum atomic E-state index is 13.4. The number of carbonyl (C=O) groups is 1. The zero-order chi connectivity index (χ0) is 18.6. The van der Waals surface area contributed by atoms with Crippen LogP contribution in [0.5, 0.6) is 0 Å². The molecule has 0 aliphatic carbocycles. The van der Waals surface area contributed by atoms with E-state index in [0.717, 1.165) is 32.0 Å². The zero-order valence-electron chi connectivity index (χ0n) is 15.3. The Kier molecular flexibility index (Phi) is 5.78. The number of benzene rings is 1. The molecule has 1 aromatic carbocycles. The minimum Gasteiger partial charge on any atom is -0.307 e. The number of piperidine rings is 1. The molecule has 4 rings (SSSR count). The lowest BCUT2D eigenvalue weighted by molar-refractivity contribution is 0.102. The van der Waals surface area contributed by atoms with Gasteiger partial charge >= 0.3 is 0 Å². The van der Waals surface area contributed by atoms with Gasteiger partial charge in [-0.15, -0.1) is 0 Å². The van der Waals surface area contributed by atoms with Gasteiger partial charge in [0.2, 0.25) is 0 Å². The van der Waals surface area contributed by atoms with Crippen LogP contribution in [0.15, 0.2) is 36.5 Å². The Labute approximate surface area is 163 Å². The summed E-state index contributed by atoms with van der Waals surface area (Å²) < 4.78 is 15.3. The van der Waals surface area contributed by atoms with Gasteiger partial charge in [0.15, 0.2) is 0 Å². The number of aromatic nitrogens is 2. The molecule has 0 atom stereocenters. The lowest BCUT2D eigenvalue weighted by Crippen LogP contribution is -2.43. The van der Waals surface area contributed by atoms with Crippen molar-refractivity contribution < 1.29 is 9.18 Å². The van der Waals surface area contributed by atoms with Crippen LogP contribution in [0.3, 0.4) is 0 Å². The number of likely N-dealkylation sites (tertiary alicyclic amines) is 1. The van der Waals surface area contributed by atoms with Crippen molar-refractivity contribution in [1.82, 2.24) is 14.7 Å². The summed E-state index contributed by atoms with van der Waals surface area (Å²) in [4.78, 5) is 15.1. The summed E-state index contributed by atoms with van der Waals surface area (Å²) in [5.74, 6) is 2.51. The molecule has 1 amide bonds. The van der Waals surface area contributed by atoms with Crippen LogP contribution in [0, 0.1) is 5.82 Å². The first-order valence-corrected chi connectivity index (χ1v) is 10.8. The molecule has 0 saturated carbocycles. The first-order chi connectivity index (χ1) is 13.2. The Morgan fingerprint density at radius 1 is 1.11 bits per heavy atom. The SMILES string of the molecule is O=C(Nc1ccnn1C1CCN(C2CCSCC2)CC1)c1cccc(F)c1. The summed E-state index contributed by atoms with van der Waals surface area (Å²) in [6.07, 6.45) is 6.38. The normalized spacial score (nSPS) is 19.9. The van der Waals surface area contributed by atoms with Crippen molar-refractivity contribution in [3.63, 3.8) is 0 Å². The van der Waals surface area contributed by atoms with Crippen LogP contribution in [-0.2, 0) is 0 Å². The topological polar surface area (TPSA) is 50.2 Å². The third-order valence-electron chi connectivity index (χ3n) is 5.55. The van der Waals surface area contributed by atoms with Crippen LogP contribution in [-0.4, -0.2) is 51.2 Å². The predicted molar refractivity (Wildman–Crippen MR) is 107 cm³/mol. The van der Waals surface area contributed by atoms with Gasteiger partial charge in [-0.2, -0.15) is 16.9 Å². The van der Waals surface area contributed by atoms with Crippen LogP contribution in [0.25, 0.3) is 0 Å². The smallest absolute Gasteiger partial charge is 0.256 e. The van der Waals surface area contributed by atoms with Crippen LogP contribution in [0.4, 0.5) is 10.2 Å². The molecule has 1 N–H and O–H groups in total. The quantitative estimate of drug-likeness (QED) is 0.865. The van der Waals surface area contributed by atoms with E-state index in [1.807, 2.05) is 10.7 Å². The van der Waals surface area contributed by atoms with Gasteiger partial charge in [0, 0.05) is 30.8 Å². The first-order valence-electron chi connectivity index (χ1n) is 9.63. The molecule has 2 aliphatic heterocycles. The molecule has 0 bridgehead atoms.